The summed E-state index contributed by atoms with van der Waals surface area (Å²) in [6.45, 7) is 3.51. The van der Waals surface area contributed by atoms with Gasteiger partial charge in [0, 0.05) is 13.0 Å². The Hall–Kier alpha value is -2.05. The Morgan fingerprint density at radius 3 is 1.57 bits per heavy atom. The van der Waals surface area contributed by atoms with Gasteiger partial charge in [-0.2, -0.15) is 0 Å². The van der Waals surface area contributed by atoms with Crippen LogP contribution in [0.15, 0.2) is 48.6 Å². The van der Waals surface area contributed by atoms with Crippen LogP contribution in [0.1, 0.15) is 168 Å². The number of carbonyl (C=O) groups is 1. The van der Waals surface area contributed by atoms with Crippen molar-refractivity contribution >= 4 is 5.97 Å². The van der Waals surface area contributed by atoms with Crippen molar-refractivity contribution in [3.05, 3.63) is 48.6 Å². The maximum atomic E-state index is 12.9. The van der Waals surface area contributed by atoms with Gasteiger partial charge < -0.3 is 64.2 Å². The molecule has 0 bridgehead atoms. The van der Waals surface area contributed by atoms with Gasteiger partial charge in [0.15, 0.2) is 12.6 Å². The summed E-state index contributed by atoms with van der Waals surface area (Å²) in [5.41, 5.74) is 0. The van der Waals surface area contributed by atoms with Crippen LogP contribution in [-0.4, -0.2) is 142 Å². The Kier molecular flexibility index (Phi) is 35.3. The first-order valence-electron chi connectivity index (χ1n) is 25.2. The van der Waals surface area contributed by atoms with Crippen molar-refractivity contribution in [1.82, 2.24) is 0 Å². The lowest BCUT2D eigenvalue weighted by Crippen LogP contribution is -2.61. The maximum Gasteiger partial charge on any atom is 0.306 e. The van der Waals surface area contributed by atoms with Crippen LogP contribution in [0.3, 0.4) is 0 Å². The van der Waals surface area contributed by atoms with E-state index in [1.807, 2.05) is 0 Å². The zero-order valence-electron chi connectivity index (χ0n) is 40.0. The molecule has 11 unspecified atom stereocenters. The van der Waals surface area contributed by atoms with Gasteiger partial charge in [0.05, 0.1) is 26.4 Å². The monoisotopic (exact) mass is 927 g/mol. The molecule has 2 aliphatic heterocycles. The van der Waals surface area contributed by atoms with Crippen molar-refractivity contribution in [1.29, 1.82) is 0 Å². The summed E-state index contributed by atoms with van der Waals surface area (Å²) < 4.78 is 34.1. The molecule has 14 nitrogen and oxygen atoms in total. The van der Waals surface area contributed by atoms with Gasteiger partial charge in [-0.05, 0) is 51.4 Å². The summed E-state index contributed by atoms with van der Waals surface area (Å²) in [4.78, 5) is 12.9. The number of rotatable bonds is 39. The van der Waals surface area contributed by atoms with E-state index >= 15 is 0 Å². The maximum absolute atomic E-state index is 12.9. The molecule has 2 heterocycles. The van der Waals surface area contributed by atoms with Crippen LogP contribution in [0, 0.1) is 0 Å². The van der Waals surface area contributed by atoms with E-state index in [2.05, 4.69) is 62.5 Å². The fourth-order valence-electron chi connectivity index (χ4n) is 7.75. The van der Waals surface area contributed by atoms with Gasteiger partial charge >= 0.3 is 5.97 Å². The fraction of sp³-hybridized carbons (Fsp3) is 0.824. The number of esters is 1. The van der Waals surface area contributed by atoms with E-state index in [0.717, 1.165) is 70.6 Å². The predicted molar refractivity (Wildman–Crippen MR) is 252 cm³/mol. The molecule has 2 saturated heterocycles. The van der Waals surface area contributed by atoms with Crippen LogP contribution < -0.4 is 0 Å². The molecule has 2 fully saturated rings. The number of allylic oxidation sites excluding steroid dienone is 8. The van der Waals surface area contributed by atoms with Gasteiger partial charge in [0.2, 0.25) is 0 Å². The molecule has 0 aromatic heterocycles. The third-order valence-corrected chi connectivity index (χ3v) is 11.9. The highest BCUT2D eigenvalue weighted by molar-refractivity contribution is 5.69. The molecule has 0 aromatic carbocycles. The van der Waals surface area contributed by atoms with Crippen molar-refractivity contribution in [2.45, 2.75) is 235 Å². The molecular formula is C51H90O14. The summed E-state index contributed by atoms with van der Waals surface area (Å²) in [6, 6.07) is 0. The van der Waals surface area contributed by atoms with Crippen LogP contribution >= 0.6 is 0 Å². The molecule has 0 amide bonds. The number of aliphatic hydroxyl groups excluding tert-OH is 7. The summed E-state index contributed by atoms with van der Waals surface area (Å²) >= 11 is 0. The summed E-state index contributed by atoms with van der Waals surface area (Å²) in [6.07, 6.45) is 27.9. The lowest BCUT2D eigenvalue weighted by atomic mass is 9.98. The van der Waals surface area contributed by atoms with Gasteiger partial charge in [-0.1, -0.05) is 159 Å². The van der Waals surface area contributed by atoms with Gasteiger partial charge in [-0.25, -0.2) is 0 Å². The van der Waals surface area contributed by atoms with Crippen molar-refractivity contribution in [2.75, 3.05) is 33.0 Å². The number of hydrogen-bond donors (Lipinski definition) is 7. The minimum atomic E-state index is -1.70. The minimum Gasteiger partial charge on any atom is -0.457 e. The Labute approximate surface area is 391 Å². The number of hydrogen-bond acceptors (Lipinski definition) is 14. The average molecular weight is 927 g/mol. The Morgan fingerprint density at radius 2 is 1.00 bits per heavy atom. The highest BCUT2D eigenvalue weighted by Crippen LogP contribution is 2.26. The van der Waals surface area contributed by atoms with Crippen LogP contribution in [0.5, 0.6) is 0 Å². The molecule has 7 N–H and O–H groups in total. The second-order valence-electron chi connectivity index (χ2n) is 17.6. The third kappa shape index (κ3) is 26.9. The van der Waals surface area contributed by atoms with Gasteiger partial charge in [-0.3, -0.25) is 4.79 Å². The van der Waals surface area contributed by atoms with E-state index in [1.54, 1.807) is 0 Å². The van der Waals surface area contributed by atoms with Gasteiger partial charge in [0.25, 0.3) is 0 Å². The van der Waals surface area contributed by atoms with Crippen molar-refractivity contribution < 1.29 is 69.0 Å². The third-order valence-electron chi connectivity index (χ3n) is 11.9. The van der Waals surface area contributed by atoms with E-state index in [9.17, 15) is 40.5 Å². The zero-order chi connectivity index (χ0) is 47.3. The van der Waals surface area contributed by atoms with Crippen LogP contribution in [0.4, 0.5) is 0 Å². The highest BCUT2D eigenvalue weighted by atomic mass is 16.7. The molecule has 2 rings (SSSR count). The average Bonchev–Trinajstić information content (AvgIpc) is 3.30. The molecular weight excluding hydrogens is 837 g/mol. The van der Waals surface area contributed by atoms with Gasteiger partial charge in [0.1, 0.15) is 54.9 Å². The van der Waals surface area contributed by atoms with E-state index in [4.69, 9.17) is 28.4 Å². The summed E-state index contributed by atoms with van der Waals surface area (Å²) in [5, 5.41) is 71.9. The molecule has 378 valence electrons. The number of aliphatic hydroxyl groups is 7. The molecule has 0 spiro atoms. The quantitative estimate of drug-likeness (QED) is 0.0185. The first-order valence-corrected chi connectivity index (χ1v) is 25.2. The molecule has 65 heavy (non-hydrogen) atoms. The first kappa shape index (κ1) is 59.1. The minimum absolute atomic E-state index is 0.0599. The number of unbranched alkanes of at least 4 members (excludes halogenated alkanes) is 17. The highest BCUT2D eigenvalue weighted by Gasteiger charge is 2.47. The van der Waals surface area contributed by atoms with Crippen LogP contribution in [0.25, 0.3) is 0 Å². The lowest BCUT2D eigenvalue weighted by Gasteiger charge is -2.42. The van der Waals surface area contributed by atoms with E-state index in [1.165, 1.54) is 70.6 Å². The fourth-order valence-corrected chi connectivity index (χ4v) is 7.75. The molecule has 2 aliphatic rings. The lowest BCUT2D eigenvalue weighted by molar-refractivity contribution is -0.332. The summed E-state index contributed by atoms with van der Waals surface area (Å²) in [7, 11) is 0. The van der Waals surface area contributed by atoms with Crippen molar-refractivity contribution in [3.8, 4) is 0 Å². The second kappa shape index (κ2) is 38.9. The molecule has 0 radical (unpaired) electrons. The number of carbonyl (C=O) groups excluding carboxylic acids is 1. The molecule has 0 aliphatic carbocycles. The predicted octanol–water partition coefficient (Wildman–Crippen LogP) is 7.18. The van der Waals surface area contributed by atoms with Gasteiger partial charge in [-0.15, -0.1) is 0 Å². The van der Waals surface area contributed by atoms with Crippen LogP contribution in [0.2, 0.25) is 0 Å². The van der Waals surface area contributed by atoms with E-state index in [-0.39, 0.29) is 25.6 Å². The SMILES string of the molecule is CC/C=C\C/C=C\C/C=C\C/C=C\CCCCCCCCCCCCCCC(=O)OC(COCCCCCCCC)COC1OC(COC2OC(CO)C(O)C(O)C2O)C(O)C(O)C1O. The molecule has 14 heteroatoms. The van der Waals surface area contributed by atoms with E-state index < -0.39 is 80.7 Å². The second-order valence-corrected chi connectivity index (χ2v) is 17.6. The van der Waals surface area contributed by atoms with E-state index in [0.29, 0.717) is 13.0 Å². The Morgan fingerprint density at radius 1 is 0.523 bits per heavy atom. The smallest absolute Gasteiger partial charge is 0.306 e. The largest absolute Gasteiger partial charge is 0.457 e. The first-order chi connectivity index (χ1) is 31.6. The molecule has 0 aromatic rings. The molecule has 0 saturated carbocycles. The Balaban J connectivity index is 1.65. The number of ether oxygens (including phenoxy) is 6. The molecule has 11 atom stereocenters. The zero-order valence-corrected chi connectivity index (χ0v) is 40.0. The van der Waals surface area contributed by atoms with Crippen LogP contribution in [-0.2, 0) is 33.2 Å². The Bertz CT molecular complexity index is 1260. The summed E-state index contributed by atoms with van der Waals surface area (Å²) in [5.74, 6) is -0.383. The normalized spacial score (nSPS) is 26.9. The van der Waals surface area contributed by atoms with Crippen molar-refractivity contribution in [2.24, 2.45) is 0 Å². The standard InChI is InChI=1S/C51H90O14/c1-3-5-7-9-11-12-13-14-15-16-17-18-19-20-21-22-23-24-25-26-27-28-29-30-32-34-43(53)63-40(37-60-35-33-31-10-8-6-4-2)38-61-50-49(59)47(57)45(55)42(65-50)39-62-51-48(58)46(56)44(54)41(36-52)64-51/h5,7,11-12,14-15,17-18,40-42,44-52,54-59H,3-4,6,8-10,13,16,19-39H2,1-2H3/b7-5-,12-11-,15-14-,18-17-. The topological polar surface area (TPSA) is 214 Å². The van der Waals surface area contributed by atoms with Crippen molar-refractivity contribution in [3.63, 3.8) is 0 Å².